The Kier molecular flexibility index (Phi) is 5.89. The zero-order valence-corrected chi connectivity index (χ0v) is 13.4. The molecule has 0 saturated heterocycles. The van der Waals surface area contributed by atoms with Crippen LogP contribution in [0.15, 0.2) is 22.7 Å². The van der Waals surface area contributed by atoms with E-state index in [1.54, 1.807) is 18.2 Å². The first-order valence-electron chi connectivity index (χ1n) is 6.30. The molecule has 0 atom stereocenters. The molecule has 0 saturated carbocycles. The first-order chi connectivity index (χ1) is 9.07. The summed E-state index contributed by atoms with van der Waals surface area (Å²) >= 11 is 3.42. The average molecular weight is 354 g/mol. The number of nitrogens with one attached hydrogen (secondary N) is 1. The summed E-state index contributed by atoms with van der Waals surface area (Å²) in [6.07, 6.45) is -5.13. The van der Waals surface area contributed by atoms with Gasteiger partial charge in [-0.25, -0.2) is 0 Å². The van der Waals surface area contributed by atoms with Crippen LogP contribution in [0.25, 0.3) is 0 Å². The van der Waals surface area contributed by atoms with Crippen LogP contribution < -0.4 is 10.1 Å². The van der Waals surface area contributed by atoms with E-state index >= 15 is 0 Å². The number of hydrogen-bond donors (Lipinski definition) is 1. The molecule has 2 nitrogen and oxygen atoms in total. The first kappa shape index (κ1) is 17.3. The van der Waals surface area contributed by atoms with Crippen LogP contribution in [0.5, 0.6) is 5.75 Å². The molecule has 1 rings (SSSR count). The highest BCUT2D eigenvalue weighted by molar-refractivity contribution is 9.10. The lowest BCUT2D eigenvalue weighted by Crippen LogP contribution is -2.35. The number of benzene rings is 1. The Morgan fingerprint density at radius 3 is 2.40 bits per heavy atom. The van der Waals surface area contributed by atoms with E-state index in [9.17, 15) is 13.2 Å². The lowest BCUT2D eigenvalue weighted by Gasteiger charge is -2.21. The van der Waals surface area contributed by atoms with Gasteiger partial charge in [-0.05, 0) is 44.5 Å². The van der Waals surface area contributed by atoms with Gasteiger partial charge in [-0.3, -0.25) is 0 Å². The molecule has 1 aromatic carbocycles. The van der Waals surface area contributed by atoms with Crippen molar-refractivity contribution in [2.75, 3.05) is 6.61 Å². The molecule has 0 radical (unpaired) electrons. The largest absolute Gasteiger partial charge is 0.493 e. The molecule has 0 fully saturated rings. The predicted octanol–water partition coefficient (Wildman–Crippen LogP) is 4.67. The van der Waals surface area contributed by atoms with Crippen molar-refractivity contribution in [1.82, 2.24) is 5.32 Å². The van der Waals surface area contributed by atoms with Crippen molar-refractivity contribution in [3.63, 3.8) is 0 Å². The molecule has 0 spiro atoms. The van der Waals surface area contributed by atoms with E-state index in [1.807, 2.05) is 20.8 Å². The zero-order valence-electron chi connectivity index (χ0n) is 11.8. The van der Waals surface area contributed by atoms with Gasteiger partial charge in [0.25, 0.3) is 0 Å². The van der Waals surface area contributed by atoms with Crippen LogP contribution in [-0.2, 0) is 6.54 Å². The lowest BCUT2D eigenvalue weighted by molar-refractivity contribution is -0.139. The Hall–Kier alpha value is -0.750. The van der Waals surface area contributed by atoms with E-state index in [2.05, 4.69) is 21.2 Å². The highest BCUT2D eigenvalue weighted by Gasteiger charge is 2.26. The third kappa shape index (κ3) is 7.14. The van der Waals surface area contributed by atoms with E-state index in [1.165, 1.54) is 0 Å². The summed E-state index contributed by atoms with van der Waals surface area (Å²) in [5, 5.41) is 3.32. The van der Waals surface area contributed by atoms with Gasteiger partial charge in [-0.2, -0.15) is 13.2 Å². The maximum absolute atomic E-state index is 12.1. The molecule has 20 heavy (non-hydrogen) atoms. The summed E-state index contributed by atoms with van der Waals surface area (Å²) in [5.74, 6) is 0.447. The van der Waals surface area contributed by atoms with Crippen LogP contribution in [0, 0.1) is 0 Å². The van der Waals surface area contributed by atoms with Crippen molar-refractivity contribution in [2.24, 2.45) is 0 Å². The Balaban J connectivity index is 2.62. The minimum Gasteiger partial charge on any atom is -0.493 e. The van der Waals surface area contributed by atoms with Gasteiger partial charge < -0.3 is 10.1 Å². The van der Waals surface area contributed by atoms with E-state index < -0.39 is 12.6 Å². The highest BCUT2D eigenvalue weighted by Crippen LogP contribution is 2.25. The number of alkyl halides is 3. The fourth-order valence-corrected chi connectivity index (χ4v) is 1.81. The van der Waals surface area contributed by atoms with Crippen molar-refractivity contribution >= 4 is 15.9 Å². The van der Waals surface area contributed by atoms with E-state index in [4.69, 9.17) is 4.74 Å². The van der Waals surface area contributed by atoms with Crippen molar-refractivity contribution in [2.45, 2.75) is 45.5 Å². The third-order valence-corrected chi connectivity index (χ3v) is 3.25. The predicted molar refractivity (Wildman–Crippen MR) is 76.9 cm³/mol. The zero-order chi connectivity index (χ0) is 15.4. The molecular weight excluding hydrogens is 335 g/mol. The average Bonchev–Trinajstić information content (AvgIpc) is 2.27. The Labute approximate surface area is 125 Å². The van der Waals surface area contributed by atoms with Crippen molar-refractivity contribution < 1.29 is 17.9 Å². The van der Waals surface area contributed by atoms with Crippen molar-refractivity contribution in [3.05, 3.63) is 28.2 Å². The second-order valence-corrected chi connectivity index (χ2v) is 6.42. The van der Waals surface area contributed by atoms with Crippen LogP contribution in [0.2, 0.25) is 0 Å². The quantitative estimate of drug-likeness (QED) is 0.830. The maximum atomic E-state index is 12.1. The van der Waals surface area contributed by atoms with Crippen molar-refractivity contribution in [3.8, 4) is 5.75 Å². The van der Waals surface area contributed by atoms with Gasteiger partial charge in [-0.1, -0.05) is 15.9 Å². The van der Waals surface area contributed by atoms with Gasteiger partial charge in [0, 0.05) is 16.6 Å². The molecule has 6 heteroatoms. The SMILES string of the molecule is CC(C)(C)NCc1cc(OCCC(F)(F)F)ccc1Br. The number of hydrogen-bond acceptors (Lipinski definition) is 2. The molecule has 1 N–H and O–H groups in total. The van der Waals surface area contributed by atoms with Gasteiger partial charge in [0.05, 0.1) is 13.0 Å². The van der Waals surface area contributed by atoms with Crippen molar-refractivity contribution in [1.29, 1.82) is 0 Å². The molecular formula is C14H19BrF3NO. The Morgan fingerprint density at radius 2 is 1.85 bits per heavy atom. The number of ether oxygens (including phenoxy) is 1. The first-order valence-corrected chi connectivity index (χ1v) is 7.09. The summed E-state index contributed by atoms with van der Waals surface area (Å²) in [6, 6.07) is 5.18. The van der Waals surface area contributed by atoms with Gasteiger partial charge >= 0.3 is 6.18 Å². The highest BCUT2D eigenvalue weighted by atomic mass is 79.9. The summed E-state index contributed by atoms with van der Waals surface area (Å²) in [5.41, 5.74) is 0.913. The van der Waals surface area contributed by atoms with Gasteiger partial charge in [0.15, 0.2) is 0 Å². The van der Waals surface area contributed by atoms with Crippen LogP contribution in [0.3, 0.4) is 0 Å². The molecule has 114 valence electrons. The Bertz CT molecular complexity index is 441. The molecule has 0 aliphatic rings. The van der Waals surface area contributed by atoms with Crippen LogP contribution in [0.1, 0.15) is 32.8 Å². The summed E-state index contributed by atoms with van der Waals surface area (Å²) < 4.78 is 42.2. The lowest BCUT2D eigenvalue weighted by atomic mass is 10.1. The molecule has 0 amide bonds. The number of halogens is 4. The smallest absolute Gasteiger partial charge is 0.392 e. The van der Waals surface area contributed by atoms with Gasteiger partial charge in [0.2, 0.25) is 0 Å². The standard InChI is InChI=1S/C14H19BrF3NO/c1-13(2,3)19-9-10-8-11(4-5-12(10)15)20-7-6-14(16,17)18/h4-5,8,19H,6-7,9H2,1-3H3. The van der Waals surface area contributed by atoms with Crippen LogP contribution in [0.4, 0.5) is 13.2 Å². The van der Waals surface area contributed by atoms with Gasteiger partial charge in [-0.15, -0.1) is 0 Å². The Morgan fingerprint density at radius 1 is 1.20 bits per heavy atom. The maximum Gasteiger partial charge on any atom is 0.392 e. The topological polar surface area (TPSA) is 21.3 Å². The third-order valence-electron chi connectivity index (χ3n) is 2.48. The molecule has 0 aromatic heterocycles. The van der Waals surface area contributed by atoms with E-state index in [0.29, 0.717) is 12.3 Å². The molecule has 0 bridgehead atoms. The van der Waals surface area contributed by atoms with Gasteiger partial charge in [0.1, 0.15) is 5.75 Å². The van der Waals surface area contributed by atoms with E-state index in [0.717, 1.165) is 10.0 Å². The summed E-state index contributed by atoms with van der Waals surface area (Å²) in [7, 11) is 0. The fourth-order valence-electron chi connectivity index (χ4n) is 1.42. The second kappa shape index (κ2) is 6.80. The van der Waals surface area contributed by atoms with Crippen LogP contribution >= 0.6 is 15.9 Å². The summed E-state index contributed by atoms with van der Waals surface area (Å²) in [4.78, 5) is 0. The van der Waals surface area contributed by atoms with E-state index in [-0.39, 0.29) is 12.1 Å². The van der Waals surface area contributed by atoms with Crippen LogP contribution in [-0.4, -0.2) is 18.3 Å². The second-order valence-electron chi connectivity index (χ2n) is 5.57. The fraction of sp³-hybridized carbons (Fsp3) is 0.571. The molecule has 0 heterocycles. The minimum absolute atomic E-state index is 0.0351. The molecule has 0 aliphatic carbocycles. The monoisotopic (exact) mass is 353 g/mol. The molecule has 0 unspecified atom stereocenters. The molecule has 0 aliphatic heterocycles. The minimum atomic E-state index is -4.19. The normalized spacial score (nSPS) is 12.6. The number of rotatable bonds is 5. The summed E-state index contributed by atoms with van der Waals surface area (Å²) in [6.45, 7) is 6.39. The molecule has 1 aromatic rings.